The van der Waals surface area contributed by atoms with E-state index < -0.39 is 0 Å². The molecule has 2 heterocycles. The summed E-state index contributed by atoms with van der Waals surface area (Å²) in [6, 6.07) is 0. The van der Waals surface area contributed by atoms with Gasteiger partial charge in [0.2, 0.25) is 0 Å². The Labute approximate surface area is 123 Å². The molecular formula is C17H30O3. The molecule has 2 fully saturated rings. The first-order chi connectivity index (χ1) is 9.74. The van der Waals surface area contributed by atoms with Crippen LogP contribution in [0.2, 0.25) is 0 Å². The van der Waals surface area contributed by atoms with E-state index in [-0.39, 0.29) is 17.8 Å². The molecule has 0 unspecified atom stereocenters. The zero-order valence-corrected chi connectivity index (χ0v) is 13.3. The molecule has 3 nitrogen and oxygen atoms in total. The van der Waals surface area contributed by atoms with Crippen molar-refractivity contribution in [3.05, 3.63) is 12.2 Å². The van der Waals surface area contributed by atoms with Crippen LogP contribution >= 0.6 is 0 Å². The smallest absolute Gasteiger partial charge is 0.147 e. The first-order valence-corrected chi connectivity index (χ1v) is 8.19. The normalized spacial score (nSPS) is 36.9. The summed E-state index contributed by atoms with van der Waals surface area (Å²) in [6.07, 6.45) is 12.5. The lowest BCUT2D eigenvalue weighted by Gasteiger charge is -2.38. The van der Waals surface area contributed by atoms with Crippen LogP contribution < -0.4 is 0 Å². The fraction of sp³-hybridized carbons (Fsp3) is 0.882. The zero-order valence-electron chi connectivity index (χ0n) is 13.3. The van der Waals surface area contributed by atoms with E-state index in [2.05, 4.69) is 26.0 Å². The zero-order chi connectivity index (χ0) is 14.4. The minimum atomic E-state index is -0.203. The Hall–Kier alpha value is -0.380. The first-order valence-electron chi connectivity index (χ1n) is 8.19. The van der Waals surface area contributed by atoms with Crippen molar-refractivity contribution in [2.75, 3.05) is 20.3 Å². The highest BCUT2D eigenvalue weighted by Crippen LogP contribution is 2.44. The van der Waals surface area contributed by atoms with Crippen LogP contribution in [-0.4, -0.2) is 38.1 Å². The molecule has 0 aromatic heterocycles. The summed E-state index contributed by atoms with van der Waals surface area (Å²) in [7, 11) is 1.78. The van der Waals surface area contributed by atoms with E-state index in [9.17, 15) is 0 Å². The van der Waals surface area contributed by atoms with E-state index in [1.165, 1.54) is 32.1 Å². The Balaban J connectivity index is 1.75. The van der Waals surface area contributed by atoms with Crippen molar-refractivity contribution in [2.24, 2.45) is 5.92 Å². The van der Waals surface area contributed by atoms with Crippen LogP contribution in [0, 0.1) is 5.92 Å². The monoisotopic (exact) mass is 282 g/mol. The van der Waals surface area contributed by atoms with Gasteiger partial charge in [-0.3, -0.25) is 0 Å². The molecule has 0 aromatic rings. The van der Waals surface area contributed by atoms with E-state index in [0.29, 0.717) is 5.92 Å². The molecule has 20 heavy (non-hydrogen) atoms. The predicted octanol–water partition coefficient (Wildman–Crippen LogP) is 3.72. The number of hydrogen-bond acceptors (Lipinski definition) is 3. The van der Waals surface area contributed by atoms with Crippen LogP contribution in [-0.2, 0) is 14.2 Å². The van der Waals surface area contributed by atoms with Crippen molar-refractivity contribution in [1.82, 2.24) is 0 Å². The van der Waals surface area contributed by atoms with Gasteiger partial charge in [-0.2, -0.15) is 0 Å². The Bertz CT molecular complexity index is 309. The highest BCUT2D eigenvalue weighted by atomic mass is 16.7. The molecule has 2 saturated heterocycles. The van der Waals surface area contributed by atoms with Gasteiger partial charge < -0.3 is 14.2 Å². The molecule has 2 rings (SSSR count). The molecule has 0 aromatic carbocycles. The largest absolute Gasteiger partial charge is 0.378 e. The first kappa shape index (κ1) is 16.0. The summed E-state index contributed by atoms with van der Waals surface area (Å²) in [5.74, 6) is 0.404. The van der Waals surface area contributed by atoms with Crippen molar-refractivity contribution in [1.29, 1.82) is 0 Å². The molecule has 0 aliphatic carbocycles. The quantitative estimate of drug-likeness (QED) is 0.386. The second kappa shape index (κ2) is 7.58. The van der Waals surface area contributed by atoms with Crippen molar-refractivity contribution in [2.45, 2.75) is 70.2 Å². The topological polar surface area (TPSA) is 31.0 Å². The van der Waals surface area contributed by atoms with E-state index in [0.717, 1.165) is 19.6 Å². The third-order valence-corrected chi connectivity index (χ3v) is 4.54. The van der Waals surface area contributed by atoms with Crippen molar-refractivity contribution < 1.29 is 14.2 Å². The lowest BCUT2D eigenvalue weighted by atomic mass is 9.85. The summed E-state index contributed by atoms with van der Waals surface area (Å²) in [5, 5.41) is 0. The molecule has 0 amide bonds. The fourth-order valence-corrected chi connectivity index (χ4v) is 3.28. The maximum absolute atomic E-state index is 5.95. The number of hydrogen-bond donors (Lipinski definition) is 0. The van der Waals surface area contributed by atoms with Crippen LogP contribution in [0.25, 0.3) is 0 Å². The molecule has 2 aliphatic heterocycles. The summed E-state index contributed by atoms with van der Waals surface area (Å²) in [5.41, 5.74) is -0.203. The fourth-order valence-electron chi connectivity index (χ4n) is 3.28. The molecule has 116 valence electrons. The van der Waals surface area contributed by atoms with Crippen LogP contribution in [0.3, 0.4) is 0 Å². The van der Waals surface area contributed by atoms with Gasteiger partial charge in [0.05, 0.1) is 19.3 Å². The van der Waals surface area contributed by atoms with E-state index in [4.69, 9.17) is 14.2 Å². The lowest BCUT2D eigenvalue weighted by molar-refractivity contribution is -0.131. The number of methoxy groups -OCH3 is 1. The highest BCUT2D eigenvalue weighted by molar-refractivity contribution is 5.15. The van der Waals surface area contributed by atoms with Gasteiger partial charge in [-0.25, -0.2) is 0 Å². The predicted molar refractivity (Wildman–Crippen MR) is 80.9 cm³/mol. The van der Waals surface area contributed by atoms with Crippen molar-refractivity contribution in [3.63, 3.8) is 0 Å². The Morgan fingerprint density at radius 2 is 2.00 bits per heavy atom. The third kappa shape index (κ3) is 3.63. The van der Waals surface area contributed by atoms with Gasteiger partial charge in [0, 0.05) is 13.0 Å². The highest BCUT2D eigenvalue weighted by Gasteiger charge is 2.61. The van der Waals surface area contributed by atoms with Crippen LogP contribution in [0.1, 0.15) is 52.4 Å². The maximum atomic E-state index is 5.95. The Morgan fingerprint density at radius 1 is 1.25 bits per heavy atom. The minimum absolute atomic E-state index is 0.0688. The second-order valence-electron chi connectivity index (χ2n) is 6.26. The third-order valence-electron chi connectivity index (χ3n) is 4.54. The van der Waals surface area contributed by atoms with Crippen LogP contribution in [0.4, 0.5) is 0 Å². The van der Waals surface area contributed by atoms with Crippen molar-refractivity contribution in [3.8, 4) is 0 Å². The van der Waals surface area contributed by atoms with Crippen molar-refractivity contribution >= 4 is 0 Å². The van der Waals surface area contributed by atoms with Crippen LogP contribution in [0.5, 0.6) is 0 Å². The molecule has 4 atom stereocenters. The van der Waals surface area contributed by atoms with Gasteiger partial charge in [-0.1, -0.05) is 51.7 Å². The van der Waals surface area contributed by atoms with Gasteiger partial charge in [0.15, 0.2) is 0 Å². The molecule has 0 bridgehead atoms. The summed E-state index contributed by atoms with van der Waals surface area (Å²) >= 11 is 0. The number of allylic oxidation sites excluding steroid dienone is 1. The molecule has 0 N–H and O–H groups in total. The van der Waals surface area contributed by atoms with E-state index in [1.807, 2.05) is 0 Å². The molecule has 1 spiro atoms. The minimum Gasteiger partial charge on any atom is -0.378 e. The van der Waals surface area contributed by atoms with Gasteiger partial charge in [0.1, 0.15) is 11.7 Å². The number of unbranched alkanes of at least 4 members (excludes halogenated alkanes) is 5. The lowest BCUT2D eigenvalue weighted by Crippen LogP contribution is -2.52. The molecular weight excluding hydrogens is 252 g/mol. The SMILES string of the molecule is CCCCCCCC=C[C@@H]1OC[C@@H](C)[C@H](OC)[C@@]12CO2. The average Bonchev–Trinajstić information content (AvgIpc) is 3.22. The molecule has 0 radical (unpaired) electrons. The number of epoxide rings is 1. The summed E-state index contributed by atoms with van der Waals surface area (Å²) in [4.78, 5) is 0. The Morgan fingerprint density at radius 3 is 2.65 bits per heavy atom. The van der Waals surface area contributed by atoms with E-state index >= 15 is 0 Å². The molecule has 3 heteroatoms. The number of ether oxygens (including phenoxy) is 3. The van der Waals surface area contributed by atoms with E-state index in [1.54, 1.807) is 7.11 Å². The Kier molecular flexibility index (Phi) is 6.06. The second-order valence-corrected chi connectivity index (χ2v) is 6.26. The molecule has 2 aliphatic rings. The average molecular weight is 282 g/mol. The number of rotatable bonds is 8. The van der Waals surface area contributed by atoms with Gasteiger partial charge in [-0.05, 0) is 12.8 Å². The summed E-state index contributed by atoms with van der Waals surface area (Å²) < 4.78 is 17.3. The molecule has 0 saturated carbocycles. The maximum Gasteiger partial charge on any atom is 0.147 e. The van der Waals surface area contributed by atoms with Gasteiger partial charge in [-0.15, -0.1) is 0 Å². The van der Waals surface area contributed by atoms with Gasteiger partial charge >= 0.3 is 0 Å². The van der Waals surface area contributed by atoms with Gasteiger partial charge in [0.25, 0.3) is 0 Å². The standard InChI is InChI=1S/C17H30O3/c1-4-5-6-7-8-9-10-11-15-17(13-20-17)16(18-3)14(2)12-19-15/h10-11,14-16H,4-9,12-13H2,1-3H3/t14-,15+,16+,17-/m1/s1. The van der Waals surface area contributed by atoms with Crippen LogP contribution in [0.15, 0.2) is 12.2 Å². The summed E-state index contributed by atoms with van der Waals surface area (Å²) in [6.45, 7) is 5.95.